The highest BCUT2D eigenvalue weighted by Crippen LogP contribution is 2.12. The largest absolute Gasteiger partial charge is 0.332 e. The molecule has 0 aliphatic carbocycles. The number of nitrogens with two attached hydrogens (primary N) is 1. The van der Waals surface area contributed by atoms with E-state index in [0.29, 0.717) is 6.54 Å². The Morgan fingerprint density at radius 3 is 2.12 bits per heavy atom. The van der Waals surface area contributed by atoms with Crippen molar-refractivity contribution in [2.24, 2.45) is 12.8 Å². The molecule has 4 heteroatoms. The van der Waals surface area contributed by atoms with Gasteiger partial charge >= 0.3 is 5.69 Å². The summed E-state index contributed by atoms with van der Waals surface area (Å²) in [6.45, 7) is 4.41. The zero-order valence-electron chi connectivity index (χ0n) is 10.4. The smallest absolute Gasteiger partial charge is 0.326 e. The molecule has 1 aromatic carbocycles. The molecule has 0 fully saturated rings. The first-order valence-electron chi connectivity index (χ1n) is 5.60. The predicted molar refractivity (Wildman–Crippen MR) is 68.4 cm³/mol. The Labute approximate surface area is 100 Å². The third-order valence-electron chi connectivity index (χ3n) is 3.27. The molecule has 0 atom stereocenters. The molecule has 0 spiro atoms. The molecule has 2 N–H and O–H groups in total. The Kier molecular flexibility index (Phi) is 2.90. The summed E-state index contributed by atoms with van der Waals surface area (Å²) in [4.78, 5) is 12.1. The van der Waals surface area contributed by atoms with Crippen molar-refractivity contribution in [3.8, 4) is 5.69 Å². The summed E-state index contributed by atoms with van der Waals surface area (Å²) in [6, 6.07) is 7.75. The van der Waals surface area contributed by atoms with Crippen molar-refractivity contribution in [3.63, 3.8) is 0 Å². The van der Waals surface area contributed by atoms with E-state index in [1.54, 1.807) is 16.2 Å². The van der Waals surface area contributed by atoms with Gasteiger partial charge in [-0.25, -0.2) is 4.79 Å². The number of imidazole rings is 1. The third-order valence-corrected chi connectivity index (χ3v) is 3.27. The molecule has 0 unspecified atom stereocenters. The summed E-state index contributed by atoms with van der Waals surface area (Å²) in [5.74, 6) is 0. The minimum Gasteiger partial charge on any atom is -0.326 e. The average Bonchev–Trinajstić information content (AvgIpc) is 2.54. The van der Waals surface area contributed by atoms with Crippen LogP contribution in [0.2, 0.25) is 0 Å². The van der Waals surface area contributed by atoms with Crippen molar-refractivity contribution in [2.75, 3.05) is 0 Å². The summed E-state index contributed by atoms with van der Waals surface area (Å²) in [6.07, 6.45) is 0. The second-order valence-corrected chi connectivity index (χ2v) is 4.22. The van der Waals surface area contributed by atoms with E-state index < -0.39 is 0 Å². The van der Waals surface area contributed by atoms with Gasteiger partial charge in [-0.2, -0.15) is 0 Å². The molecule has 0 aliphatic rings. The zero-order chi connectivity index (χ0) is 12.6. The van der Waals surface area contributed by atoms with Crippen LogP contribution >= 0.6 is 0 Å². The van der Waals surface area contributed by atoms with Gasteiger partial charge in [0, 0.05) is 25.0 Å². The van der Waals surface area contributed by atoms with Crippen LogP contribution in [0.3, 0.4) is 0 Å². The van der Waals surface area contributed by atoms with Crippen molar-refractivity contribution in [1.29, 1.82) is 0 Å². The Hall–Kier alpha value is -1.81. The monoisotopic (exact) mass is 231 g/mol. The van der Waals surface area contributed by atoms with E-state index in [9.17, 15) is 4.79 Å². The maximum absolute atomic E-state index is 12.1. The summed E-state index contributed by atoms with van der Waals surface area (Å²) in [5.41, 5.74) is 9.44. The van der Waals surface area contributed by atoms with E-state index in [4.69, 9.17) is 5.73 Å². The van der Waals surface area contributed by atoms with Crippen molar-refractivity contribution >= 4 is 0 Å². The van der Waals surface area contributed by atoms with Gasteiger partial charge < -0.3 is 5.73 Å². The number of benzene rings is 1. The van der Waals surface area contributed by atoms with Gasteiger partial charge in [-0.15, -0.1) is 0 Å². The van der Waals surface area contributed by atoms with Crippen LogP contribution < -0.4 is 11.4 Å². The van der Waals surface area contributed by atoms with Gasteiger partial charge in [-0.1, -0.05) is 12.1 Å². The fourth-order valence-electron chi connectivity index (χ4n) is 1.93. The normalized spacial score (nSPS) is 10.8. The van der Waals surface area contributed by atoms with Crippen LogP contribution in [0.4, 0.5) is 0 Å². The Balaban J connectivity index is 2.60. The van der Waals surface area contributed by atoms with Crippen molar-refractivity contribution in [2.45, 2.75) is 20.4 Å². The van der Waals surface area contributed by atoms with Crippen LogP contribution in [0.15, 0.2) is 29.1 Å². The van der Waals surface area contributed by atoms with Gasteiger partial charge in [0.05, 0.1) is 5.69 Å². The van der Waals surface area contributed by atoms with Crippen molar-refractivity contribution in [1.82, 2.24) is 9.13 Å². The van der Waals surface area contributed by atoms with Crippen LogP contribution in [0.1, 0.15) is 17.0 Å². The van der Waals surface area contributed by atoms with Gasteiger partial charge in [-0.05, 0) is 31.5 Å². The highest BCUT2D eigenvalue weighted by molar-refractivity contribution is 5.37. The topological polar surface area (TPSA) is 52.9 Å². The van der Waals surface area contributed by atoms with Crippen LogP contribution in [0.5, 0.6) is 0 Å². The lowest BCUT2D eigenvalue weighted by molar-refractivity contribution is 0.802. The van der Waals surface area contributed by atoms with Crippen LogP contribution in [-0.4, -0.2) is 9.13 Å². The number of aromatic nitrogens is 2. The summed E-state index contributed by atoms with van der Waals surface area (Å²) >= 11 is 0. The van der Waals surface area contributed by atoms with E-state index in [-0.39, 0.29) is 5.69 Å². The maximum Gasteiger partial charge on any atom is 0.332 e. The predicted octanol–water partition coefficient (Wildman–Crippen LogP) is 1.25. The SMILES string of the molecule is Cc1c(C)n(-c2ccc(CN)cc2)c(=O)n1C. The lowest BCUT2D eigenvalue weighted by Gasteiger charge is -2.05. The number of rotatable bonds is 2. The lowest BCUT2D eigenvalue weighted by Crippen LogP contribution is -2.21. The number of hydrogen-bond acceptors (Lipinski definition) is 2. The molecule has 0 saturated heterocycles. The molecule has 17 heavy (non-hydrogen) atoms. The Bertz CT molecular complexity index is 590. The highest BCUT2D eigenvalue weighted by atomic mass is 16.1. The minimum atomic E-state index is -0.0134. The number of nitrogens with zero attached hydrogens (tertiary/aromatic N) is 2. The second-order valence-electron chi connectivity index (χ2n) is 4.22. The van der Waals surface area contributed by atoms with E-state index in [1.165, 1.54) is 0 Å². The molecule has 0 saturated carbocycles. The molecule has 90 valence electrons. The van der Waals surface area contributed by atoms with Crippen molar-refractivity contribution < 1.29 is 0 Å². The van der Waals surface area contributed by atoms with Crippen LogP contribution in [0.25, 0.3) is 5.69 Å². The molecule has 1 aromatic heterocycles. The standard InChI is InChI=1S/C13H17N3O/c1-9-10(2)16(13(17)15(9)3)12-6-4-11(8-14)5-7-12/h4-7H,8,14H2,1-3H3. The van der Waals surface area contributed by atoms with E-state index in [0.717, 1.165) is 22.6 Å². The fraction of sp³-hybridized carbons (Fsp3) is 0.308. The third kappa shape index (κ3) is 1.80. The highest BCUT2D eigenvalue weighted by Gasteiger charge is 2.11. The zero-order valence-corrected chi connectivity index (χ0v) is 10.4. The van der Waals surface area contributed by atoms with Crippen LogP contribution in [-0.2, 0) is 13.6 Å². The average molecular weight is 231 g/mol. The second kappa shape index (κ2) is 4.22. The first-order valence-corrected chi connectivity index (χ1v) is 5.60. The van der Waals surface area contributed by atoms with E-state index in [1.807, 2.05) is 38.1 Å². The molecule has 4 nitrogen and oxygen atoms in total. The first-order chi connectivity index (χ1) is 8.06. The van der Waals surface area contributed by atoms with Gasteiger partial charge in [-0.3, -0.25) is 9.13 Å². The van der Waals surface area contributed by atoms with E-state index in [2.05, 4.69) is 0 Å². The molecule has 1 heterocycles. The molecule has 0 amide bonds. The molecule has 0 bridgehead atoms. The van der Waals surface area contributed by atoms with Gasteiger partial charge in [0.25, 0.3) is 0 Å². The van der Waals surface area contributed by atoms with Gasteiger partial charge in [0.15, 0.2) is 0 Å². The minimum absolute atomic E-state index is 0.0134. The molecule has 2 rings (SSSR count). The van der Waals surface area contributed by atoms with Crippen LogP contribution in [0, 0.1) is 13.8 Å². The molecule has 2 aromatic rings. The Morgan fingerprint density at radius 2 is 1.71 bits per heavy atom. The first kappa shape index (κ1) is 11.7. The quantitative estimate of drug-likeness (QED) is 0.845. The fourth-order valence-corrected chi connectivity index (χ4v) is 1.93. The molecule has 0 aliphatic heterocycles. The maximum atomic E-state index is 12.1. The summed E-state index contributed by atoms with van der Waals surface area (Å²) in [7, 11) is 1.79. The Morgan fingerprint density at radius 1 is 1.12 bits per heavy atom. The molecular formula is C13H17N3O. The van der Waals surface area contributed by atoms with Crippen molar-refractivity contribution in [3.05, 3.63) is 51.7 Å². The lowest BCUT2D eigenvalue weighted by atomic mass is 10.2. The number of hydrogen-bond donors (Lipinski definition) is 1. The molecular weight excluding hydrogens is 214 g/mol. The van der Waals surface area contributed by atoms with Gasteiger partial charge in [0.1, 0.15) is 0 Å². The van der Waals surface area contributed by atoms with E-state index >= 15 is 0 Å². The summed E-state index contributed by atoms with van der Waals surface area (Å²) in [5, 5.41) is 0. The summed E-state index contributed by atoms with van der Waals surface area (Å²) < 4.78 is 3.38. The molecule has 0 radical (unpaired) electrons. The van der Waals surface area contributed by atoms with Gasteiger partial charge in [0.2, 0.25) is 0 Å².